The molecule has 142 valence electrons. The van der Waals surface area contributed by atoms with Gasteiger partial charge in [0, 0.05) is 36.4 Å². The summed E-state index contributed by atoms with van der Waals surface area (Å²) in [4.78, 5) is 4.87. The largest absolute Gasteiger partial charge is 0.377 e. The third kappa shape index (κ3) is 4.21. The van der Waals surface area contributed by atoms with Crippen molar-refractivity contribution in [3.63, 3.8) is 0 Å². The first-order chi connectivity index (χ1) is 13.7. The van der Waals surface area contributed by atoms with Crippen molar-refractivity contribution in [2.75, 3.05) is 6.61 Å². The van der Waals surface area contributed by atoms with Gasteiger partial charge in [0.2, 0.25) is 0 Å². The molecule has 0 spiro atoms. The summed E-state index contributed by atoms with van der Waals surface area (Å²) in [6.07, 6.45) is 4.58. The summed E-state index contributed by atoms with van der Waals surface area (Å²) in [5.41, 5.74) is 7.02. The molecule has 0 aliphatic rings. The van der Waals surface area contributed by atoms with Gasteiger partial charge >= 0.3 is 0 Å². The Hall–Kier alpha value is -2.76. The number of hydrogen-bond acceptors (Lipinski definition) is 4. The fraction of sp³-hybridized carbons (Fsp3) is 0.217. The molecule has 0 saturated heterocycles. The molecule has 4 nitrogen and oxygen atoms in total. The number of nitrogens with zero attached hydrogens (tertiary/aromatic N) is 3. The Morgan fingerprint density at radius 1 is 1.11 bits per heavy atom. The smallest absolute Gasteiger partial charge is 0.0976 e. The van der Waals surface area contributed by atoms with Gasteiger partial charge in [0.05, 0.1) is 23.0 Å². The lowest BCUT2D eigenvalue weighted by Gasteiger charge is -2.08. The van der Waals surface area contributed by atoms with Gasteiger partial charge < -0.3 is 4.74 Å². The standard InChI is InChI=1S/C23H23N3OS/c1-3-27-15-18-6-5-17(2)20(13-18)14-23-25-22(16-28-23)19-7-9-21(10-8-19)26-12-4-11-24-26/h4-13,16H,3,14-15H2,1-2H3. The number of hydrogen-bond donors (Lipinski definition) is 0. The SMILES string of the molecule is CCOCc1ccc(C)c(Cc2nc(-c3ccc(-n4cccn4)cc3)cs2)c1. The zero-order chi connectivity index (χ0) is 19.3. The molecule has 0 unspecified atom stereocenters. The highest BCUT2D eigenvalue weighted by atomic mass is 32.1. The van der Waals surface area contributed by atoms with Gasteiger partial charge in [0.25, 0.3) is 0 Å². The molecule has 0 amide bonds. The van der Waals surface area contributed by atoms with E-state index in [1.165, 1.54) is 16.7 Å². The zero-order valence-corrected chi connectivity index (χ0v) is 16.9. The molecule has 0 bridgehead atoms. The Labute approximate surface area is 169 Å². The maximum absolute atomic E-state index is 5.54. The molecule has 0 atom stereocenters. The Kier molecular flexibility index (Phi) is 5.65. The van der Waals surface area contributed by atoms with Crippen LogP contribution in [-0.4, -0.2) is 21.4 Å². The molecule has 2 aromatic heterocycles. The van der Waals surface area contributed by atoms with Crippen molar-refractivity contribution in [1.29, 1.82) is 0 Å². The fourth-order valence-electron chi connectivity index (χ4n) is 3.12. The number of thiazole rings is 1. The highest BCUT2D eigenvalue weighted by molar-refractivity contribution is 7.10. The normalized spacial score (nSPS) is 11.1. The molecule has 5 heteroatoms. The van der Waals surface area contributed by atoms with Gasteiger partial charge in [0.1, 0.15) is 0 Å². The van der Waals surface area contributed by atoms with Gasteiger partial charge in [-0.3, -0.25) is 0 Å². The molecule has 0 radical (unpaired) electrons. The molecule has 0 saturated carbocycles. The Morgan fingerprint density at radius 2 is 1.96 bits per heavy atom. The predicted octanol–water partition coefficient (Wildman–Crippen LogP) is 5.43. The molecule has 0 fully saturated rings. The molecular weight excluding hydrogens is 366 g/mol. The number of rotatable bonds is 7. The van der Waals surface area contributed by atoms with Crippen LogP contribution in [0.1, 0.15) is 28.6 Å². The van der Waals surface area contributed by atoms with Crippen LogP contribution in [0, 0.1) is 6.92 Å². The van der Waals surface area contributed by atoms with Crippen molar-refractivity contribution in [3.8, 4) is 16.9 Å². The van der Waals surface area contributed by atoms with Crippen LogP contribution >= 0.6 is 11.3 Å². The molecule has 4 aromatic rings. The second kappa shape index (κ2) is 8.50. The van der Waals surface area contributed by atoms with Gasteiger partial charge in [0.15, 0.2) is 0 Å². The van der Waals surface area contributed by atoms with E-state index < -0.39 is 0 Å². The lowest BCUT2D eigenvalue weighted by atomic mass is 10.0. The van der Waals surface area contributed by atoms with Crippen molar-refractivity contribution < 1.29 is 4.74 Å². The minimum absolute atomic E-state index is 0.662. The molecule has 0 aliphatic heterocycles. The molecule has 2 heterocycles. The highest BCUT2D eigenvalue weighted by Crippen LogP contribution is 2.25. The quantitative estimate of drug-likeness (QED) is 0.423. The molecule has 2 aromatic carbocycles. The summed E-state index contributed by atoms with van der Waals surface area (Å²) in [6.45, 7) is 5.57. The fourth-order valence-corrected chi connectivity index (χ4v) is 3.95. The second-order valence-corrected chi connectivity index (χ2v) is 7.64. The van der Waals surface area contributed by atoms with Crippen LogP contribution in [0.4, 0.5) is 0 Å². The number of ether oxygens (including phenoxy) is 1. The second-order valence-electron chi connectivity index (χ2n) is 6.70. The first-order valence-corrected chi connectivity index (χ1v) is 10.3. The molecule has 0 N–H and O–H groups in total. The zero-order valence-electron chi connectivity index (χ0n) is 16.1. The summed E-state index contributed by atoms with van der Waals surface area (Å²) in [5, 5.41) is 7.53. The number of aryl methyl sites for hydroxylation is 1. The van der Waals surface area contributed by atoms with Crippen LogP contribution in [0.15, 0.2) is 66.3 Å². The van der Waals surface area contributed by atoms with Crippen LogP contribution in [0.3, 0.4) is 0 Å². The minimum Gasteiger partial charge on any atom is -0.377 e. The number of aromatic nitrogens is 3. The third-order valence-corrected chi connectivity index (χ3v) is 5.56. The highest BCUT2D eigenvalue weighted by Gasteiger charge is 2.09. The summed E-state index contributed by atoms with van der Waals surface area (Å²) in [6, 6.07) is 16.8. The predicted molar refractivity (Wildman–Crippen MR) is 114 cm³/mol. The third-order valence-electron chi connectivity index (χ3n) is 4.71. The van der Waals surface area contributed by atoms with E-state index in [-0.39, 0.29) is 0 Å². The first-order valence-electron chi connectivity index (χ1n) is 9.44. The van der Waals surface area contributed by atoms with Crippen LogP contribution in [0.25, 0.3) is 16.9 Å². The van der Waals surface area contributed by atoms with Gasteiger partial charge in [-0.15, -0.1) is 11.3 Å². The Balaban J connectivity index is 1.50. The first kappa shape index (κ1) is 18.6. The van der Waals surface area contributed by atoms with Gasteiger partial charge in [-0.05, 0) is 48.7 Å². The lowest BCUT2D eigenvalue weighted by molar-refractivity contribution is 0.134. The van der Waals surface area contributed by atoms with Crippen molar-refractivity contribution in [1.82, 2.24) is 14.8 Å². The molecular formula is C23H23N3OS. The Morgan fingerprint density at radius 3 is 2.71 bits per heavy atom. The Bertz CT molecular complexity index is 1040. The van der Waals surface area contributed by atoms with Crippen molar-refractivity contribution >= 4 is 11.3 Å². The molecule has 28 heavy (non-hydrogen) atoms. The summed E-state index contributed by atoms with van der Waals surface area (Å²) < 4.78 is 7.40. The van der Waals surface area contributed by atoms with E-state index in [0.29, 0.717) is 6.61 Å². The van der Waals surface area contributed by atoms with E-state index in [9.17, 15) is 0 Å². The summed E-state index contributed by atoms with van der Waals surface area (Å²) in [5.74, 6) is 0. The molecule has 4 rings (SSSR count). The van der Waals surface area contributed by atoms with E-state index in [1.54, 1.807) is 17.5 Å². The average molecular weight is 390 g/mol. The van der Waals surface area contributed by atoms with Crippen molar-refractivity contribution in [2.24, 2.45) is 0 Å². The van der Waals surface area contributed by atoms with Crippen LogP contribution < -0.4 is 0 Å². The monoisotopic (exact) mass is 389 g/mol. The van der Waals surface area contributed by atoms with E-state index in [2.05, 4.69) is 59.9 Å². The maximum atomic E-state index is 5.54. The van der Waals surface area contributed by atoms with Crippen molar-refractivity contribution in [3.05, 3.63) is 88.0 Å². The average Bonchev–Trinajstić information content (AvgIpc) is 3.41. The molecule has 0 aliphatic carbocycles. The minimum atomic E-state index is 0.662. The topological polar surface area (TPSA) is 39.9 Å². The van der Waals surface area contributed by atoms with Crippen molar-refractivity contribution in [2.45, 2.75) is 26.9 Å². The van der Waals surface area contributed by atoms with E-state index >= 15 is 0 Å². The van der Waals surface area contributed by atoms with Crippen LogP contribution in [-0.2, 0) is 17.8 Å². The van der Waals surface area contributed by atoms with E-state index in [4.69, 9.17) is 9.72 Å². The van der Waals surface area contributed by atoms with Crippen LogP contribution in [0.2, 0.25) is 0 Å². The summed E-state index contributed by atoms with van der Waals surface area (Å²) in [7, 11) is 0. The number of benzene rings is 2. The lowest BCUT2D eigenvalue weighted by Crippen LogP contribution is -1.97. The van der Waals surface area contributed by atoms with Crippen LogP contribution in [0.5, 0.6) is 0 Å². The van der Waals surface area contributed by atoms with Gasteiger partial charge in [-0.1, -0.05) is 30.3 Å². The van der Waals surface area contributed by atoms with Gasteiger partial charge in [-0.2, -0.15) is 5.10 Å². The van der Waals surface area contributed by atoms with Gasteiger partial charge in [-0.25, -0.2) is 9.67 Å². The van der Waals surface area contributed by atoms with E-state index in [0.717, 1.165) is 35.0 Å². The summed E-state index contributed by atoms with van der Waals surface area (Å²) >= 11 is 1.71. The maximum Gasteiger partial charge on any atom is 0.0976 e. The van der Waals surface area contributed by atoms with E-state index in [1.807, 2.05) is 23.9 Å².